The molecule has 0 bridgehead atoms. The van der Waals surface area contributed by atoms with E-state index in [2.05, 4.69) is 5.43 Å². The van der Waals surface area contributed by atoms with E-state index in [9.17, 15) is 4.79 Å². The lowest BCUT2D eigenvalue weighted by atomic mass is 9.87. The lowest BCUT2D eigenvalue weighted by Crippen LogP contribution is -2.47. The van der Waals surface area contributed by atoms with Gasteiger partial charge in [0.15, 0.2) is 0 Å². The number of rotatable bonds is 2. The predicted molar refractivity (Wildman–Crippen MR) is 65.7 cm³/mol. The fourth-order valence-corrected chi connectivity index (χ4v) is 1.42. The molecule has 1 heterocycles. The molecule has 1 aromatic heterocycles. The first-order valence-electron chi connectivity index (χ1n) is 5.45. The Balaban J connectivity index is 2.80. The minimum Gasteiger partial charge on any atom is -0.319 e. The van der Waals surface area contributed by atoms with E-state index in [0.29, 0.717) is 0 Å². The minimum atomic E-state index is -0.520. The van der Waals surface area contributed by atoms with Crippen molar-refractivity contribution in [3.63, 3.8) is 0 Å². The minimum absolute atomic E-state index is 0.157. The van der Waals surface area contributed by atoms with Crippen molar-refractivity contribution < 1.29 is 4.79 Å². The molecule has 0 aliphatic heterocycles. The zero-order chi connectivity index (χ0) is 12.5. The fourth-order valence-electron chi connectivity index (χ4n) is 1.42. The van der Waals surface area contributed by atoms with E-state index < -0.39 is 6.04 Å². The molecule has 1 aromatic rings. The third kappa shape index (κ3) is 2.64. The molecule has 16 heavy (non-hydrogen) atoms. The molecule has 1 atom stereocenters. The maximum absolute atomic E-state index is 11.9. The van der Waals surface area contributed by atoms with Crippen LogP contribution in [0, 0.1) is 19.3 Å². The Hall–Kier alpha value is -1.29. The molecule has 0 spiro atoms. The zero-order valence-electron chi connectivity index (χ0n) is 10.7. The largest absolute Gasteiger partial charge is 0.319 e. The van der Waals surface area contributed by atoms with Crippen LogP contribution in [0.15, 0.2) is 12.1 Å². The van der Waals surface area contributed by atoms with Gasteiger partial charge in [0.1, 0.15) is 0 Å². The Morgan fingerprint density at radius 3 is 2.12 bits per heavy atom. The molecule has 4 nitrogen and oxygen atoms in total. The molecule has 0 saturated carbocycles. The third-order valence-electron chi connectivity index (χ3n) is 2.71. The highest BCUT2D eigenvalue weighted by Crippen LogP contribution is 2.17. The Kier molecular flexibility index (Phi) is 3.43. The average Bonchev–Trinajstić information content (AvgIpc) is 2.46. The summed E-state index contributed by atoms with van der Waals surface area (Å²) in [5.41, 5.74) is 10.5. The van der Waals surface area contributed by atoms with Gasteiger partial charge in [0.2, 0.25) is 0 Å². The maximum Gasteiger partial charge on any atom is 0.256 e. The standard InChI is InChI=1S/C12H21N3O/c1-8-6-7-9(2)15(8)14-11(16)10(13)12(3,4)5/h6-7,10H,13H2,1-5H3,(H,14,16)/t10-/m1/s1. The topological polar surface area (TPSA) is 60.0 Å². The summed E-state index contributed by atoms with van der Waals surface area (Å²) in [7, 11) is 0. The van der Waals surface area contributed by atoms with Gasteiger partial charge in [-0.1, -0.05) is 20.8 Å². The van der Waals surface area contributed by atoms with Gasteiger partial charge in [-0.2, -0.15) is 0 Å². The molecule has 0 unspecified atom stereocenters. The molecular weight excluding hydrogens is 202 g/mol. The molecule has 0 aliphatic carbocycles. The average molecular weight is 223 g/mol. The van der Waals surface area contributed by atoms with Gasteiger partial charge in [0, 0.05) is 11.4 Å². The fraction of sp³-hybridized carbons (Fsp3) is 0.583. The number of hydrogen-bond donors (Lipinski definition) is 2. The quantitative estimate of drug-likeness (QED) is 0.799. The monoisotopic (exact) mass is 223 g/mol. The molecule has 0 radical (unpaired) electrons. The Morgan fingerprint density at radius 2 is 1.75 bits per heavy atom. The number of nitrogens with zero attached hydrogens (tertiary/aromatic N) is 1. The van der Waals surface area contributed by atoms with E-state index in [4.69, 9.17) is 5.73 Å². The van der Waals surface area contributed by atoms with Crippen LogP contribution in [0.3, 0.4) is 0 Å². The van der Waals surface area contributed by atoms with Gasteiger partial charge in [-0.25, -0.2) is 0 Å². The van der Waals surface area contributed by atoms with Crippen LogP contribution in [-0.2, 0) is 4.79 Å². The molecular formula is C12H21N3O. The van der Waals surface area contributed by atoms with Crippen molar-refractivity contribution in [3.05, 3.63) is 23.5 Å². The molecule has 0 aliphatic rings. The number of aromatic nitrogens is 1. The number of aryl methyl sites for hydroxylation is 2. The summed E-state index contributed by atoms with van der Waals surface area (Å²) >= 11 is 0. The molecule has 0 saturated heterocycles. The molecule has 3 N–H and O–H groups in total. The first kappa shape index (κ1) is 12.8. The second-order valence-corrected chi connectivity index (χ2v) is 5.27. The summed E-state index contributed by atoms with van der Waals surface area (Å²) in [6, 6.07) is 3.39. The number of amides is 1. The first-order chi connectivity index (χ1) is 7.23. The van der Waals surface area contributed by atoms with E-state index in [1.807, 2.05) is 46.8 Å². The van der Waals surface area contributed by atoms with E-state index >= 15 is 0 Å². The molecule has 1 rings (SSSR count). The number of nitrogens with one attached hydrogen (secondary N) is 1. The van der Waals surface area contributed by atoms with Crippen molar-refractivity contribution >= 4 is 5.91 Å². The van der Waals surface area contributed by atoms with Crippen molar-refractivity contribution in [2.45, 2.75) is 40.7 Å². The van der Waals surface area contributed by atoms with Crippen LogP contribution in [0.1, 0.15) is 32.2 Å². The smallest absolute Gasteiger partial charge is 0.256 e. The lowest BCUT2D eigenvalue weighted by molar-refractivity contribution is -0.120. The zero-order valence-corrected chi connectivity index (χ0v) is 10.7. The Bertz CT molecular complexity index is 368. The van der Waals surface area contributed by atoms with Crippen LogP contribution in [-0.4, -0.2) is 16.6 Å². The second kappa shape index (κ2) is 4.29. The van der Waals surface area contributed by atoms with Crippen molar-refractivity contribution in [3.8, 4) is 0 Å². The van der Waals surface area contributed by atoms with Gasteiger partial charge in [-0.05, 0) is 31.4 Å². The summed E-state index contributed by atoms with van der Waals surface area (Å²) in [6.07, 6.45) is 0. The van der Waals surface area contributed by atoms with Crippen molar-refractivity contribution in [1.82, 2.24) is 4.68 Å². The molecule has 1 amide bonds. The van der Waals surface area contributed by atoms with Gasteiger partial charge >= 0.3 is 0 Å². The first-order valence-corrected chi connectivity index (χ1v) is 5.45. The van der Waals surface area contributed by atoms with E-state index in [-0.39, 0.29) is 11.3 Å². The van der Waals surface area contributed by atoms with Gasteiger partial charge in [-0.15, -0.1) is 0 Å². The highest BCUT2D eigenvalue weighted by molar-refractivity contribution is 5.89. The molecule has 0 aromatic carbocycles. The maximum atomic E-state index is 11.9. The summed E-state index contributed by atoms with van der Waals surface area (Å²) in [5, 5.41) is 0. The SMILES string of the molecule is Cc1ccc(C)n1NC(=O)[C@@H](N)C(C)(C)C. The van der Waals surface area contributed by atoms with Crippen molar-refractivity contribution in [1.29, 1.82) is 0 Å². The summed E-state index contributed by atoms with van der Waals surface area (Å²) in [5.74, 6) is -0.157. The number of nitrogens with two attached hydrogens (primary N) is 1. The molecule has 4 heteroatoms. The van der Waals surface area contributed by atoms with Gasteiger partial charge in [0.05, 0.1) is 6.04 Å². The highest BCUT2D eigenvalue weighted by atomic mass is 16.2. The number of carbonyl (C=O) groups is 1. The van der Waals surface area contributed by atoms with Crippen LogP contribution >= 0.6 is 0 Å². The normalized spacial score (nSPS) is 13.6. The van der Waals surface area contributed by atoms with Crippen LogP contribution in [0.2, 0.25) is 0 Å². The number of carbonyl (C=O) groups excluding carboxylic acids is 1. The third-order valence-corrected chi connectivity index (χ3v) is 2.71. The van der Waals surface area contributed by atoms with Crippen LogP contribution in [0.4, 0.5) is 0 Å². The Morgan fingerprint density at radius 1 is 1.31 bits per heavy atom. The van der Waals surface area contributed by atoms with Gasteiger partial charge in [0.25, 0.3) is 5.91 Å². The molecule has 90 valence electrons. The Labute approximate surface area is 96.8 Å². The van der Waals surface area contributed by atoms with Crippen molar-refractivity contribution in [2.24, 2.45) is 11.1 Å². The highest BCUT2D eigenvalue weighted by Gasteiger charge is 2.27. The van der Waals surface area contributed by atoms with E-state index in [1.54, 1.807) is 4.68 Å². The van der Waals surface area contributed by atoms with Crippen LogP contribution < -0.4 is 11.2 Å². The van der Waals surface area contributed by atoms with E-state index in [0.717, 1.165) is 11.4 Å². The van der Waals surface area contributed by atoms with E-state index in [1.165, 1.54) is 0 Å². The summed E-state index contributed by atoms with van der Waals surface area (Å²) < 4.78 is 1.76. The molecule has 0 fully saturated rings. The summed E-state index contributed by atoms with van der Waals surface area (Å²) in [6.45, 7) is 9.73. The predicted octanol–water partition coefficient (Wildman–Crippen LogP) is 1.55. The lowest BCUT2D eigenvalue weighted by Gasteiger charge is -2.26. The van der Waals surface area contributed by atoms with Crippen molar-refractivity contribution in [2.75, 3.05) is 5.43 Å². The van der Waals surface area contributed by atoms with Crippen LogP contribution in [0.5, 0.6) is 0 Å². The van der Waals surface area contributed by atoms with Crippen LogP contribution in [0.25, 0.3) is 0 Å². The van der Waals surface area contributed by atoms with Gasteiger partial charge in [-0.3, -0.25) is 14.9 Å². The second-order valence-electron chi connectivity index (χ2n) is 5.27. The summed E-state index contributed by atoms with van der Waals surface area (Å²) in [4.78, 5) is 11.9. The number of hydrogen-bond acceptors (Lipinski definition) is 2. The van der Waals surface area contributed by atoms with Gasteiger partial charge < -0.3 is 5.73 Å².